The minimum Gasteiger partial charge on any atom is -0.325 e. The number of carbonyl (C=O) groups is 1. The summed E-state index contributed by atoms with van der Waals surface area (Å²) in [6.07, 6.45) is -3.32. The summed E-state index contributed by atoms with van der Waals surface area (Å²) in [5.41, 5.74) is -2.02. The first kappa shape index (κ1) is 22.6. The van der Waals surface area contributed by atoms with Crippen molar-refractivity contribution in [2.75, 3.05) is 5.32 Å². The monoisotopic (exact) mass is 453 g/mol. The van der Waals surface area contributed by atoms with Crippen LogP contribution in [0.5, 0.6) is 0 Å². The van der Waals surface area contributed by atoms with Crippen molar-refractivity contribution in [2.24, 2.45) is 0 Å². The van der Waals surface area contributed by atoms with Crippen LogP contribution in [-0.4, -0.2) is 15.0 Å². The standard InChI is InChI=1S/C21H19ClF3N3O3/c1-2-3-10-27-19(30)14-6-4-5-7-17(14)28(20(27)31)12-18(29)26-13-8-9-16(22)15(11-13)21(23,24)25/h4-9,11H,2-3,10,12H2,1H3,(H,26,29). The number of para-hydroxylation sites is 1. The van der Waals surface area contributed by atoms with Gasteiger partial charge < -0.3 is 5.32 Å². The molecule has 6 nitrogen and oxygen atoms in total. The van der Waals surface area contributed by atoms with Crippen LogP contribution in [0.25, 0.3) is 10.9 Å². The first-order chi connectivity index (χ1) is 14.6. The molecule has 2 aromatic carbocycles. The Morgan fingerprint density at radius 1 is 1.10 bits per heavy atom. The van der Waals surface area contributed by atoms with Gasteiger partial charge in [-0.1, -0.05) is 37.1 Å². The number of anilines is 1. The molecule has 0 aliphatic rings. The van der Waals surface area contributed by atoms with Gasteiger partial charge in [0.25, 0.3) is 5.56 Å². The molecule has 0 saturated carbocycles. The van der Waals surface area contributed by atoms with Crippen LogP contribution >= 0.6 is 11.6 Å². The topological polar surface area (TPSA) is 73.1 Å². The third-order valence-electron chi connectivity index (χ3n) is 4.72. The van der Waals surface area contributed by atoms with E-state index in [1.165, 1.54) is 6.07 Å². The van der Waals surface area contributed by atoms with Crippen molar-refractivity contribution in [2.45, 2.75) is 39.0 Å². The zero-order valence-electron chi connectivity index (χ0n) is 16.5. The van der Waals surface area contributed by atoms with E-state index in [0.29, 0.717) is 6.42 Å². The maximum atomic E-state index is 13.0. The van der Waals surface area contributed by atoms with Gasteiger partial charge in [0, 0.05) is 12.2 Å². The number of fused-ring (bicyclic) bond motifs is 1. The fourth-order valence-corrected chi connectivity index (χ4v) is 3.43. The number of amides is 1. The smallest absolute Gasteiger partial charge is 0.325 e. The SMILES string of the molecule is CCCCn1c(=O)c2ccccc2n(CC(=O)Nc2ccc(Cl)c(C(F)(F)F)c2)c1=O. The lowest BCUT2D eigenvalue weighted by Gasteiger charge is -2.15. The van der Waals surface area contributed by atoms with E-state index in [2.05, 4.69) is 5.32 Å². The first-order valence-corrected chi connectivity index (χ1v) is 9.90. The number of alkyl halides is 3. The normalized spacial score (nSPS) is 11.6. The van der Waals surface area contributed by atoms with E-state index in [4.69, 9.17) is 11.6 Å². The summed E-state index contributed by atoms with van der Waals surface area (Å²) in [6.45, 7) is 1.64. The predicted molar refractivity (Wildman–Crippen MR) is 112 cm³/mol. The summed E-state index contributed by atoms with van der Waals surface area (Å²) in [5.74, 6) is -0.719. The Morgan fingerprint density at radius 3 is 2.48 bits per heavy atom. The van der Waals surface area contributed by atoms with E-state index >= 15 is 0 Å². The summed E-state index contributed by atoms with van der Waals surface area (Å²) in [5, 5.41) is 2.14. The van der Waals surface area contributed by atoms with E-state index in [9.17, 15) is 27.6 Å². The van der Waals surface area contributed by atoms with E-state index in [-0.39, 0.29) is 23.1 Å². The van der Waals surface area contributed by atoms with E-state index in [1.807, 2.05) is 6.92 Å². The van der Waals surface area contributed by atoms with Crippen LogP contribution in [0.3, 0.4) is 0 Å². The zero-order chi connectivity index (χ0) is 22.8. The second kappa shape index (κ2) is 8.97. The third kappa shape index (κ3) is 4.82. The van der Waals surface area contributed by atoms with Crippen molar-refractivity contribution in [1.82, 2.24) is 9.13 Å². The molecule has 31 heavy (non-hydrogen) atoms. The van der Waals surface area contributed by atoms with Crippen LogP contribution in [0.1, 0.15) is 25.3 Å². The summed E-state index contributed by atoms with van der Waals surface area (Å²) in [7, 11) is 0. The molecule has 164 valence electrons. The first-order valence-electron chi connectivity index (χ1n) is 9.52. The summed E-state index contributed by atoms with van der Waals surface area (Å²) in [6, 6.07) is 9.37. The highest BCUT2D eigenvalue weighted by molar-refractivity contribution is 6.31. The van der Waals surface area contributed by atoms with Crippen molar-refractivity contribution in [3.8, 4) is 0 Å². The number of hydrogen-bond acceptors (Lipinski definition) is 3. The van der Waals surface area contributed by atoms with Crippen molar-refractivity contribution >= 4 is 34.1 Å². The predicted octanol–water partition coefficient (Wildman–Crippen LogP) is 4.27. The van der Waals surface area contributed by atoms with Gasteiger partial charge in [0.2, 0.25) is 5.91 Å². The van der Waals surface area contributed by atoms with Gasteiger partial charge in [-0.25, -0.2) is 4.79 Å². The minimum absolute atomic E-state index is 0.113. The molecule has 0 atom stereocenters. The molecular weight excluding hydrogens is 435 g/mol. The van der Waals surface area contributed by atoms with Crippen molar-refractivity contribution in [1.29, 1.82) is 0 Å². The van der Waals surface area contributed by atoms with Gasteiger partial charge in [-0.15, -0.1) is 0 Å². The van der Waals surface area contributed by atoms with E-state index in [0.717, 1.165) is 27.7 Å². The Kier molecular flexibility index (Phi) is 6.54. The Morgan fingerprint density at radius 2 is 1.81 bits per heavy atom. The molecule has 3 aromatic rings. The Hall–Kier alpha value is -3.07. The maximum Gasteiger partial charge on any atom is 0.417 e. The van der Waals surface area contributed by atoms with Crippen LogP contribution in [0, 0.1) is 0 Å². The molecule has 0 aliphatic heterocycles. The second-order valence-electron chi connectivity index (χ2n) is 6.94. The lowest BCUT2D eigenvalue weighted by atomic mass is 10.2. The highest BCUT2D eigenvalue weighted by Gasteiger charge is 2.33. The van der Waals surface area contributed by atoms with E-state index < -0.39 is 40.5 Å². The molecule has 10 heteroatoms. The van der Waals surface area contributed by atoms with E-state index in [1.54, 1.807) is 24.3 Å². The fraction of sp³-hybridized carbons (Fsp3) is 0.286. The van der Waals surface area contributed by atoms with Crippen molar-refractivity contribution < 1.29 is 18.0 Å². The average Bonchev–Trinajstić information content (AvgIpc) is 2.72. The molecular formula is C21H19ClF3N3O3. The van der Waals surface area contributed by atoms with Gasteiger partial charge >= 0.3 is 11.9 Å². The lowest BCUT2D eigenvalue weighted by molar-refractivity contribution is -0.137. The molecule has 0 saturated heterocycles. The second-order valence-corrected chi connectivity index (χ2v) is 7.34. The molecule has 0 radical (unpaired) electrons. The van der Waals surface area contributed by atoms with Crippen molar-refractivity contribution in [3.05, 3.63) is 73.9 Å². The van der Waals surface area contributed by atoms with Crippen LogP contribution < -0.4 is 16.6 Å². The summed E-state index contributed by atoms with van der Waals surface area (Å²) < 4.78 is 41.4. The molecule has 0 unspecified atom stereocenters. The van der Waals surface area contributed by atoms with Crippen molar-refractivity contribution in [3.63, 3.8) is 0 Å². The average molecular weight is 454 g/mol. The number of benzene rings is 2. The third-order valence-corrected chi connectivity index (χ3v) is 5.05. The molecule has 1 N–H and O–H groups in total. The highest BCUT2D eigenvalue weighted by Crippen LogP contribution is 2.36. The molecule has 1 heterocycles. The minimum atomic E-state index is -4.68. The molecule has 0 bridgehead atoms. The van der Waals surface area contributed by atoms with Crippen LogP contribution in [0.4, 0.5) is 18.9 Å². The zero-order valence-corrected chi connectivity index (χ0v) is 17.3. The highest BCUT2D eigenvalue weighted by atomic mass is 35.5. The number of carbonyl (C=O) groups excluding carboxylic acids is 1. The molecule has 0 fully saturated rings. The van der Waals surface area contributed by atoms with Crippen LogP contribution in [-0.2, 0) is 24.1 Å². The Bertz CT molecular complexity index is 1250. The Labute approximate surface area is 179 Å². The molecule has 1 amide bonds. The number of halogens is 4. The summed E-state index contributed by atoms with van der Waals surface area (Å²) >= 11 is 5.60. The number of nitrogens with zero attached hydrogens (tertiary/aromatic N) is 2. The van der Waals surface area contributed by atoms with Gasteiger partial charge in [-0.3, -0.25) is 18.7 Å². The van der Waals surface area contributed by atoms with Gasteiger partial charge in [-0.05, 0) is 36.8 Å². The number of rotatable bonds is 6. The van der Waals surface area contributed by atoms with Gasteiger partial charge in [0.15, 0.2) is 0 Å². The Balaban J connectivity index is 1.97. The summed E-state index contributed by atoms with van der Waals surface area (Å²) in [4.78, 5) is 38.1. The molecule has 1 aromatic heterocycles. The number of hydrogen-bond donors (Lipinski definition) is 1. The molecule has 0 aliphatic carbocycles. The van der Waals surface area contributed by atoms with Crippen LogP contribution in [0.15, 0.2) is 52.1 Å². The largest absolute Gasteiger partial charge is 0.417 e. The van der Waals surface area contributed by atoms with Gasteiger partial charge in [0.05, 0.1) is 21.5 Å². The number of unbranched alkanes of at least 4 members (excludes halogenated alkanes) is 1. The lowest BCUT2D eigenvalue weighted by Crippen LogP contribution is -2.41. The molecule has 3 rings (SSSR count). The van der Waals surface area contributed by atoms with Gasteiger partial charge in [0.1, 0.15) is 6.54 Å². The quantitative estimate of drug-likeness (QED) is 0.605. The molecule has 0 spiro atoms. The number of aromatic nitrogens is 2. The van der Waals surface area contributed by atoms with Crippen LogP contribution in [0.2, 0.25) is 5.02 Å². The fourth-order valence-electron chi connectivity index (χ4n) is 3.20. The number of nitrogens with one attached hydrogen (secondary N) is 1. The maximum absolute atomic E-state index is 13.0. The van der Waals surface area contributed by atoms with Gasteiger partial charge in [-0.2, -0.15) is 13.2 Å².